The Bertz CT molecular complexity index is 307. The summed E-state index contributed by atoms with van der Waals surface area (Å²) in [6.07, 6.45) is 6.10. The van der Waals surface area contributed by atoms with Gasteiger partial charge in [-0.05, 0) is 18.9 Å². The van der Waals surface area contributed by atoms with Crippen LogP contribution in [0.4, 0.5) is 0 Å². The fraction of sp³-hybridized carbons (Fsp3) is 0.786. The molecule has 0 aliphatic heterocycles. The minimum absolute atomic E-state index is 0.556. The highest BCUT2D eigenvalue weighted by Gasteiger charge is 2.07. The predicted molar refractivity (Wildman–Crippen MR) is 71.1 cm³/mol. The minimum Gasteiger partial charge on any atom is -0.446 e. The zero-order valence-corrected chi connectivity index (χ0v) is 11.6. The van der Waals surface area contributed by atoms with Crippen LogP contribution in [0, 0.1) is 5.92 Å². The van der Waals surface area contributed by atoms with Gasteiger partial charge in [-0.3, -0.25) is 0 Å². The molecule has 1 aromatic rings. The molecule has 3 nitrogen and oxygen atoms in total. The first kappa shape index (κ1) is 14.2. The largest absolute Gasteiger partial charge is 0.446 e. The molecule has 0 aliphatic carbocycles. The standard InChI is InChI=1S/C14H26N2O/c1-5-12(4)9-13-10-16-14(17-13)7-6-8-15-11(2)3/h10-12,15H,5-9H2,1-4H3. The summed E-state index contributed by atoms with van der Waals surface area (Å²) in [7, 11) is 0. The lowest BCUT2D eigenvalue weighted by molar-refractivity contribution is 0.413. The van der Waals surface area contributed by atoms with Crippen molar-refractivity contribution in [1.29, 1.82) is 0 Å². The van der Waals surface area contributed by atoms with Gasteiger partial charge in [0.05, 0.1) is 6.20 Å². The number of aromatic nitrogens is 1. The highest BCUT2D eigenvalue weighted by atomic mass is 16.4. The zero-order valence-electron chi connectivity index (χ0n) is 11.6. The van der Waals surface area contributed by atoms with Crippen LogP contribution in [-0.4, -0.2) is 17.6 Å². The van der Waals surface area contributed by atoms with Crippen molar-refractivity contribution in [3.63, 3.8) is 0 Å². The van der Waals surface area contributed by atoms with Gasteiger partial charge in [-0.2, -0.15) is 0 Å². The molecular formula is C14H26N2O. The van der Waals surface area contributed by atoms with E-state index in [-0.39, 0.29) is 0 Å². The number of rotatable bonds is 8. The van der Waals surface area contributed by atoms with Gasteiger partial charge in [-0.25, -0.2) is 4.98 Å². The lowest BCUT2D eigenvalue weighted by Crippen LogP contribution is -2.23. The summed E-state index contributed by atoms with van der Waals surface area (Å²) in [6, 6.07) is 0.556. The molecule has 0 bridgehead atoms. The normalized spacial score (nSPS) is 13.2. The Labute approximate surface area is 105 Å². The molecule has 17 heavy (non-hydrogen) atoms. The van der Waals surface area contributed by atoms with E-state index in [1.54, 1.807) is 0 Å². The van der Waals surface area contributed by atoms with Crippen molar-refractivity contribution in [3.8, 4) is 0 Å². The smallest absolute Gasteiger partial charge is 0.194 e. The van der Waals surface area contributed by atoms with Gasteiger partial charge in [0, 0.05) is 18.9 Å². The molecular weight excluding hydrogens is 212 g/mol. The van der Waals surface area contributed by atoms with E-state index in [1.807, 2.05) is 6.20 Å². The Morgan fingerprint density at radius 2 is 2.12 bits per heavy atom. The van der Waals surface area contributed by atoms with Gasteiger partial charge in [0.1, 0.15) is 5.76 Å². The molecule has 1 aromatic heterocycles. The van der Waals surface area contributed by atoms with Crippen LogP contribution in [-0.2, 0) is 12.8 Å². The number of oxazole rings is 1. The lowest BCUT2D eigenvalue weighted by atomic mass is 10.0. The van der Waals surface area contributed by atoms with E-state index in [2.05, 4.69) is 38.0 Å². The summed E-state index contributed by atoms with van der Waals surface area (Å²) in [5.41, 5.74) is 0. The molecule has 0 saturated carbocycles. The summed E-state index contributed by atoms with van der Waals surface area (Å²) in [5, 5.41) is 3.39. The molecule has 1 N–H and O–H groups in total. The molecule has 98 valence electrons. The van der Waals surface area contributed by atoms with E-state index in [0.717, 1.165) is 37.5 Å². The van der Waals surface area contributed by atoms with E-state index >= 15 is 0 Å². The third-order valence-corrected chi connectivity index (χ3v) is 2.97. The van der Waals surface area contributed by atoms with Gasteiger partial charge >= 0.3 is 0 Å². The second kappa shape index (κ2) is 7.49. The Hall–Kier alpha value is -0.830. The summed E-state index contributed by atoms with van der Waals surface area (Å²) >= 11 is 0. The summed E-state index contributed by atoms with van der Waals surface area (Å²) in [5.74, 6) is 2.60. The topological polar surface area (TPSA) is 38.1 Å². The van der Waals surface area contributed by atoms with Crippen molar-refractivity contribution < 1.29 is 4.42 Å². The molecule has 1 unspecified atom stereocenters. The average molecular weight is 238 g/mol. The average Bonchev–Trinajstić information content (AvgIpc) is 2.72. The first-order valence-corrected chi connectivity index (χ1v) is 6.78. The van der Waals surface area contributed by atoms with E-state index in [0.29, 0.717) is 12.0 Å². The Morgan fingerprint density at radius 1 is 1.35 bits per heavy atom. The number of hydrogen-bond acceptors (Lipinski definition) is 3. The highest BCUT2D eigenvalue weighted by Crippen LogP contribution is 2.13. The Morgan fingerprint density at radius 3 is 2.76 bits per heavy atom. The number of nitrogens with zero attached hydrogens (tertiary/aromatic N) is 1. The molecule has 1 rings (SSSR count). The Balaban J connectivity index is 2.26. The van der Waals surface area contributed by atoms with Gasteiger partial charge in [0.25, 0.3) is 0 Å². The van der Waals surface area contributed by atoms with Crippen molar-refractivity contribution in [2.24, 2.45) is 5.92 Å². The minimum atomic E-state index is 0.556. The van der Waals surface area contributed by atoms with E-state index in [1.165, 1.54) is 6.42 Å². The maximum Gasteiger partial charge on any atom is 0.194 e. The van der Waals surface area contributed by atoms with Crippen LogP contribution in [0.1, 0.15) is 52.2 Å². The van der Waals surface area contributed by atoms with Gasteiger partial charge < -0.3 is 9.73 Å². The third-order valence-electron chi connectivity index (χ3n) is 2.97. The molecule has 0 radical (unpaired) electrons. The third kappa shape index (κ3) is 5.87. The molecule has 1 atom stereocenters. The number of aryl methyl sites for hydroxylation is 1. The van der Waals surface area contributed by atoms with Crippen molar-refractivity contribution in [1.82, 2.24) is 10.3 Å². The molecule has 0 amide bonds. The van der Waals surface area contributed by atoms with E-state index < -0.39 is 0 Å². The zero-order chi connectivity index (χ0) is 12.7. The SMILES string of the molecule is CCC(C)Cc1cnc(CCCNC(C)C)o1. The van der Waals surface area contributed by atoms with Gasteiger partial charge in [0.2, 0.25) is 0 Å². The van der Waals surface area contributed by atoms with Gasteiger partial charge in [0.15, 0.2) is 5.89 Å². The monoisotopic (exact) mass is 238 g/mol. The molecule has 3 heteroatoms. The number of nitrogens with one attached hydrogen (secondary N) is 1. The van der Waals surface area contributed by atoms with Gasteiger partial charge in [-0.15, -0.1) is 0 Å². The van der Waals surface area contributed by atoms with Crippen LogP contribution in [0.3, 0.4) is 0 Å². The Kier molecular flexibility index (Phi) is 6.27. The fourth-order valence-electron chi connectivity index (χ4n) is 1.68. The van der Waals surface area contributed by atoms with E-state index in [9.17, 15) is 0 Å². The van der Waals surface area contributed by atoms with Crippen molar-refractivity contribution in [2.45, 2.75) is 59.4 Å². The maximum atomic E-state index is 5.72. The summed E-state index contributed by atoms with van der Waals surface area (Å²) < 4.78 is 5.72. The number of hydrogen-bond donors (Lipinski definition) is 1. The lowest BCUT2D eigenvalue weighted by Gasteiger charge is -2.06. The van der Waals surface area contributed by atoms with Crippen LogP contribution in [0.5, 0.6) is 0 Å². The van der Waals surface area contributed by atoms with Crippen LogP contribution < -0.4 is 5.32 Å². The molecule has 0 aliphatic rings. The first-order chi connectivity index (χ1) is 8.11. The molecule has 0 spiro atoms. The molecule has 0 saturated heterocycles. The fourth-order valence-corrected chi connectivity index (χ4v) is 1.68. The summed E-state index contributed by atoms with van der Waals surface area (Å²) in [4.78, 5) is 4.33. The highest BCUT2D eigenvalue weighted by molar-refractivity contribution is 4.95. The van der Waals surface area contributed by atoms with Crippen molar-refractivity contribution in [3.05, 3.63) is 17.8 Å². The van der Waals surface area contributed by atoms with Crippen LogP contribution in [0.2, 0.25) is 0 Å². The maximum absolute atomic E-state index is 5.72. The van der Waals surface area contributed by atoms with Crippen LogP contribution in [0.25, 0.3) is 0 Å². The van der Waals surface area contributed by atoms with Crippen molar-refractivity contribution in [2.75, 3.05) is 6.54 Å². The van der Waals surface area contributed by atoms with Gasteiger partial charge in [-0.1, -0.05) is 34.1 Å². The first-order valence-electron chi connectivity index (χ1n) is 6.78. The van der Waals surface area contributed by atoms with Crippen molar-refractivity contribution >= 4 is 0 Å². The summed E-state index contributed by atoms with van der Waals surface area (Å²) in [6.45, 7) is 9.81. The molecule has 1 heterocycles. The van der Waals surface area contributed by atoms with E-state index in [4.69, 9.17) is 4.42 Å². The van der Waals surface area contributed by atoms with Crippen LogP contribution in [0.15, 0.2) is 10.6 Å². The second-order valence-electron chi connectivity index (χ2n) is 5.15. The predicted octanol–water partition coefficient (Wildman–Crippen LogP) is 3.19. The second-order valence-corrected chi connectivity index (χ2v) is 5.15. The molecule has 0 fully saturated rings. The quantitative estimate of drug-likeness (QED) is 0.707. The van der Waals surface area contributed by atoms with Crippen LogP contribution >= 0.6 is 0 Å². The molecule has 0 aromatic carbocycles.